The number of primary sulfonamides is 1. The molecule has 106 valence electrons. The molecular formula is C14H16N2O3S. The van der Waals surface area contributed by atoms with Gasteiger partial charge in [-0.05, 0) is 43.7 Å². The van der Waals surface area contributed by atoms with Gasteiger partial charge in [0, 0.05) is 5.69 Å². The number of hydrogen-bond acceptors (Lipinski definition) is 4. The first-order valence-corrected chi connectivity index (χ1v) is 7.49. The Hall–Kier alpha value is -2.05. The highest BCUT2D eigenvalue weighted by atomic mass is 32.2. The lowest BCUT2D eigenvalue weighted by Crippen LogP contribution is -2.13. The fraction of sp³-hybridized carbons (Fsp3) is 0.143. The largest absolute Gasteiger partial charge is 0.456 e. The number of nitrogens with two attached hydrogens (primary N) is 2. The summed E-state index contributed by atoms with van der Waals surface area (Å²) in [5, 5.41) is 5.18. The number of nitrogen functional groups attached to an aromatic ring is 1. The molecule has 0 saturated heterocycles. The second kappa shape index (κ2) is 5.15. The molecule has 0 spiro atoms. The molecule has 2 aromatic carbocycles. The number of hydrogen-bond donors (Lipinski definition) is 2. The molecule has 0 aliphatic rings. The molecule has 0 bridgehead atoms. The summed E-state index contributed by atoms with van der Waals surface area (Å²) in [5.41, 5.74) is 7.90. The molecule has 0 aromatic heterocycles. The van der Waals surface area contributed by atoms with Gasteiger partial charge in [-0.1, -0.05) is 17.7 Å². The molecule has 5 nitrogen and oxygen atoms in total. The van der Waals surface area contributed by atoms with Crippen LogP contribution in [0.1, 0.15) is 11.1 Å². The Morgan fingerprint density at radius 3 is 2.25 bits per heavy atom. The molecule has 0 atom stereocenters. The van der Waals surface area contributed by atoms with Crippen molar-refractivity contribution < 1.29 is 13.2 Å². The molecule has 0 radical (unpaired) electrons. The first-order chi connectivity index (χ1) is 9.27. The van der Waals surface area contributed by atoms with Gasteiger partial charge in [-0.3, -0.25) is 0 Å². The van der Waals surface area contributed by atoms with Gasteiger partial charge in [0.1, 0.15) is 16.4 Å². The van der Waals surface area contributed by atoms with E-state index in [1.54, 1.807) is 12.1 Å². The van der Waals surface area contributed by atoms with Crippen LogP contribution in [0.4, 0.5) is 5.69 Å². The van der Waals surface area contributed by atoms with Crippen molar-refractivity contribution in [3.8, 4) is 11.5 Å². The van der Waals surface area contributed by atoms with Crippen LogP contribution in [0.2, 0.25) is 0 Å². The third-order valence-electron chi connectivity index (χ3n) is 2.82. The summed E-state index contributed by atoms with van der Waals surface area (Å²) in [4.78, 5) is -0.127. The first kappa shape index (κ1) is 14.4. The monoisotopic (exact) mass is 292 g/mol. The van der Waals surface area contributed by atoms with Crippen molar-refractivity contribution in [2.45, 2.75) is 18.7 Å². The van der Waals surface area contributed by atoms with Crippen LogP contribution in [0, 0.1) is 13.8 Å². The standard InChI is InChI=1S/C14H16N2O3S/c1-9-3-5-12(10(2)7-9)19-13-6-4-11(15)8-14(13)20(16,17)18/h3-8H,15H2,1-2H3,(H2,16,17,18). The molecule has 0 saturated carbocycles. The average molecular weight is 292 g/mol. The van der Waals surface area contributed by atoms with E-state index in [9.17, 15) is 8.42 Å². The van der Waals surface area contributed by atoms with E-state index >= 15 is 0 Å². The van der Waals surface area contributed by atoms with Crippen LogP contribution in [-0.2, 0) is 10.0 Å². The zero-order valence-electron chi connectivity index (χ0n) is 11.3. The van der Waals surface area contributed by atoms with Crippen molar-refractivity contribution in [3.05, 3.63) is 47.5 Å². The van der Waals surface area contributed by atoms with E-state index in [-0.39, 0.29) is 10.6 Å². The van der Waals surface area contributed by atoms with E-state index in [4.69, 9.17) is 15.6 Å². The normalized spacial score (nSPS) is 11.3. The summed E-state index contributed by atoms with van der Waals surface area (Å²) < 4.78 is 28.8. The van der Waals surface area contributed by atoms with Gasteiger partial charge in [0.25, 0.3) is 0 Å². The summed E-state index contributed by atoms with van der Waals surface area (Å²) in [5.74, 6) is 0.735. The van der Waals surface area contributed by atoms with E-state index in [1.807, 2.05) is 26.0 Å². The molecular weight excluding hydrogens is 276 g/mol. The quantitative estimate of drug-likeness (QED) is 0.849. The molecule has 0 aliphatic heterocycles. The zero-order chi connectivity index (χ0) is 14.9. The number of anilines is 1. The van der Waals surface area contributed by atoms with Gasteiger partial charge < -0.3 is 10.5 Å². The Morgan fingerprint density at radius 2 is 1.65 bits per heavy atom. The van der Waals surface area contributed by atoms with Crippen LogP contribution in [-0.4, -0.2) is 8.42 Å². The van der Waals surface area contributed by atoms with Crippen molar-refractivity contribution in [1.82, 2.24) is 0 Å². The highest BCUT2D eigenvalue weighted by molar-refractivity contribution is 7.89. The third kappa shape index (κ3) is 3.09. The van der Waals surface area contributed by atoms with Crippen LogP contribution in [0.25, 0.3) is 0 Å². The predicted octanol–water partition coefficient (Wildman–Crippen LogP) is 2.33. The number of aryl methyl sites for hydroxylation is 2. The Morgan fingerprint density at radius 1 is 1.00 bits per heavy atom. The predicted molar refractivity (Wildman–Crippen MR) is 78.2 cm³/mol. The SMILES string of the molecule is Cc1ccc(Oc2ccc(N)cc2S(N)(=O)=O)c(C)c1. The van der Waals surface area contributed by atoms with E-state index in [0.29, 0.717) is 11.4 Å². The van der Waals surface area contributed by atoms with Crippen molar-refractivity contribution in [2.24, 2.45) is 5.14 Å². The van der Waals surface area contributed by atoms with Gasteiger partial charge >= 0.3 is 0 Å². The summed E-state index contributed by atoms with van der Waals surface area (Å²) in [7, 11) is -3.90. The Balaban J connectivity index is 2.49. The molecule has 2 aromatic rings. The minimum Gasteiger partial charge on any atom is -0.456 e. The highest BCUT2D eigenvalue weighted by Gasteiger charge is 2.16. The molecule has 0 fully saturated rings. The summed E-state index contributed by atoms with van der Waals surface area (Å²) in [6.45, 7) is 3.85. The van der Waals surface area contributed by atoms with Crippen LogP contribution < -0.4 is 15.6 Å². The summed E-state index contributed by atoms with van der Waals surface area (Å²) >= 11 is 0. The van der Waals surface area contributed by atoms with Crippen molar-refractivity contribution in [1.29, 1.82) is 0 Å². The van der Waals surface area contributed by atoms with Crippen LogP contribution in [0.15, 0.2) is 41.3 Å². The maximum atomic E-state index is 11.6. The van der Waals surface area contributed by atoms with Crippen molar-refractivity contribution >= 4 is 15.7 Å². The second-order valence-corrected chi connectivity index (χ2v) is 6.15. The number of ether oxygens (including phenoxy) is 1. The van der Waals surface area contributed by atoms with Gasteiger partial charge in [0.15, 0.2) is 0 Å². The fourth-order valence-corrected chi connectivity index (χ4v) is 2.55. The maximum Gasteiger partial charge on any atom is 0.241 e. The van der Waals surface area contributed by atoms with Gasteiger partial charge in [-0.25, -0.2) is 13.6 Å². The molecule has 0 aliphatic carbocycles. The minimum atomic E-state index is -3.90. The molecule has 20 heavy (non-hydrogen) atoms. The van der Waals surface area contributed by atoms with E-state index in [1.165, 1.54) is 12.1 Å². The third-order valence-corrected chi connectivity index (χ3v) is 3.76. The lowest BCUT2D eigenvalue weighted by atomic mass is 10.1. The number of benzene rings is 2. The second-order valence-electron chi connectivity index (χ2n) is 4.62. The lowest BCUT2D eigenvalue weighted by Gasteiger charge is -2.12. The van der Waals surface area contributed by atoms with E-state index in [2.05, 4.69) is 0 Å². The fourth-order valence-electron chi connectivity index (χ4n) is 1.86. The molecule has 6 heteroatoms. The van der Waals surface area contributed by atoms with Gasteiger partial charge in [-0.15, -0.1) is 0 Å². The van der Waals surface area contributed by atoms with E-state index < -0.39 is 10.0 Å². The highest BCUT2D eigenvalue weighted by Crippen LogP contribution is 2.31. The van der Waals surface area contributed by atoms with Crippen molar-refractivity contribution in [3.63, 3.8) is 0 Å². The smallest absolute Gasteiger partial charge is 0.241 e. The molecule has 0 amide bonds. The molecule has 0 unspecified atom stereocenters. The Bertz CT molecular complexity index is 755. The van der Waals surface area contributed by atoms with Crippen LogP contribution in [0.5, 0.6) is 11.5 Å². The van der Waals surface area contributed by atoms with Gasteiger partial charge in [0.2, 0.25) is 10.0 Å². The van der Waals surface area contributed by atoms with Crippen molar-refractivity contribution in [2.75, 3.05) is 5.73 Å². The zero-order valence-corrected chi connectivity index (χ0v) is 12.1. The van der Waals surface area contributed by atoms with E-state index in [0.717, 1.165) is 11.1 Å². The average Bonchev–Trinajstić information content (AvgIpc) is 2.33. The molecule has 2 rings (SSSR count). The summed E-state index contributed by atoms with van der Waals surface area (Å²) in [6.07, 6.45) is 0. The first-order valence-electron chi connectivity index (χ1n) is 5.95. The minimum absolute atomic E-state index is 0.127. The topological polar surface area (TPSA) is 95.4 Å². The van der Waals surface area contributed by atoms with Crippen LogP contribution >= 0.6 is 0 Å². The number of sulfonamides is 1. The van der Waals surface area contributed by atoms with Crippen LogP contribution in [0.3, 0.4) is 0 Å². The maximum absolute atomic E-state index is 11.6. The summed E-state index contributed by atoms with van der Waals surface area (Å²) in [6, 6.07) is 9.96. The molecule has 4 N–H and O–H groups in total. The Labute approximate surface area is 118 Å². The van der Waals surface area contributed by atoms with Gasteiger partial charge in [-0.2, -0.15) is 0 Å². The Kier molecular flexibility index (Phi) is 3.69. The molecule has 0 heterocycles. The lowest BCUT2D eigenvalue weighted by molar-refractivity contribution is 0.464. The number of rotatable bonds is 3. The van der Waals surface area contributed by atoms with Gasteiger partial charge in [0.05, 0.1) is 0 Å².